The Balaban J connectivity index is 1.33. The van der Waals surface area contributed by atoms with Gasteiger partial charge in [0.05, 0.1) is 5.52 Å². The highest BCUT2D eigenvalue weighted by molar-refractivity contribution is 5.84. The SMILES string of the molecule is Cc1cccc(Nc2n[nH]c(-c3ccc(Oc4ccnc5ccccc45)cc3)n2)c1. The number of benzene rings is 3. The minimum atomic E-state index is 0.527. The van der Waals surface area contributed by atoms with Crippen LogP contribution in [0.4, 0.5) is 11.6 Å². The first-order valence-corrected chi connectivity index (χ1v) is 9.63. The van der Waals surface area contributed by atoms with Crippen molar-refractivity contribution in [2.75, 3.05) is 5.32 Å². The number of nitrogens with zero attached hydrogens (tertiary/aromatic N) is 3. The van der Waals surface area contributed by atoms with E-state index in [1.165, 1.54) is 5.56 Å². The lowest BCUT2D eigenvalue weighted by Gasteiger charge is -2.08. The van der Waals surface area contributed by atoms with E-state index in [9.17, 15) is 0 Å². The molecule has 0 radical (unpaired) electrons. The van der Waals surface area contributed by atoms with Crippen molar-refractivity contribution < 1.29 is 4.74 Å². The summed E-state index contributed by atoms with van der Waals surface area (Å²) in [5.41, 5.74) is 3.95. The van der Waals surface area contributed by atoms with Crippen LogP contribution in [0.2, 0.25) is 0 Å². The number of aryl methyl sites for hydroxylation is 1. The van der Waals surface area contributed by atoms with E-state index in [4.69, 9.17) is 4.74 Å². The lowest BCUT2D eigenvalue weighted by molar-refractivity contribution is 0.488. The van der Waals surface area contributed by atoms with E-state index in [1.54, 1.807) is 6.20 Å². The fraction of sp³-hybridized carbons (Fsp3) is 0.0417. The maximum absolute atomic E-state index is 6.08. The molecule has 2 N–H and O–H groups in total. The van der Waals surface area contributed by atoms with Gasteiger partial charge in [-0.25, -0.2) is 0 Å². The predicted molar refractivity (Wildman–Crippen MR) is 118 cm³/mol. The van der Waals surface area contributed by atoms with E-state index < -0.39 is 0 Å². The first kappa shape index (κ1) is 17.9. The van der Waals surface area contributed by atoms with Crippen LogP contribution in [0.5, 0.6) is 11.5 Å². The van der Waals surface area contributed by atoms with Crippen molar-refractivity contribution in [3.8, 4) is 22.9 Å². The first-order chi connectivity index (χ1) is 14.7. The minimum Gasteiger partial charge on any atom is -0.457 e. The van der Waals surface area contributed by atoms with Crippen molar-refractivity contribution >= 4 is 22.5 Å². The molecule has 0 fully saturated rings. The molecule has 0 bridgehead atoms. The number of hydrogen-bond acceptors (Lipinski definition) is 5. The zero-order chi connectivity index (χ0) is 20.3. The summed E-state index contributed by atoms with van der Waals surface area (Å²) in [4.78, 5) is 8.90. The van der Waals surface area contributed by atoms with Crippen LogP contribution in [0, 0.1) is 6.92 Å². The summed E-state index contributed by atoms with van der Waals surface area (Å²) in [6.07, 6.45) is 1.75. The highest BCUT2D eigenvalue weighted by Crippen LogP contribution is 2.29. The maximum Gasteiger partial charge on any atom is 0.246 e. The zero-order valence-electron chi connectivity index (χ0n) is 16.3. The number of fused-ring (bicyclic) bond motifs is 1. The highest BCUT2D eigenvalue weighted by Gasteiger charge is 2.08. The lowest BCUT2D eigenvalue weighted by Crippen LogP contribution is -1.92. The molecule has 0 amide bonds. The number of rotatable bonds is 5. The van der Waals surface area contributed by atoms with Crippen LogP contribution >= 0.6 is 0 Å². The number of aromatic amines is 1. The van der Waals surface area contributed by atoms with Gasteiger partial charge < -0.3 is 10.1 Å². The molecule has 0 unspecified atom stereocenters. The molecule has 0 saturated heterocycles. The van der Waals surface area contributed by atoms with E-state index in [-0.39, 0.29) is 0 Å². The van der Waals surface area contributed by atoms with Crippen LogP contribution in [-0.4, -0.2) is 20.2 Å². The van der Waals surface area contributed by atoms with Gasteiger partial charge in [0, 0.05) is 22.8 Å². The standard InChI is InChI=1S/C24H19N5O/c1-16-5-4-6-18(15-16)26-24-27-23(28-29-24)17-9-11-19(12-10-17)30-22-13-14-25-21-8-3-2-7-20(21)22/h2-15H,1H3,(H2,26,27,28,29). The average molecular weight is 393 g/mol. The van der Waals surface area contributed by atoms with E-state index >= 15 is 0 Å². The molecule has 0 saturated carbocycles. The van der Waals surface area contributed by atoms with E-state index in [2.05, 4.69) is 25.5 Å². The fourth-order valence-corrected chi connectivity index (χ4v) is 3.27. The Morgan fingerprint density at radius 3 is 2.63 bits per heavy atom. The molecule has 0 aliphatic carbocycles. The number of nitrogens with one attached hydrogen (secondary N) is 2. The predicted octanol–water partition coefficient (Wildman–Crippen LogP) is 5.86. The molecular formula is C24H19N5O. The Morgan fingerprint density at radius 1 is 0.900 bits per heavy atom. The number of pyridine rings is 1. The van der Waals surface area contributed by atoms with Crippen molar-refractivity contribution in [2.24, 2.45) is 0 Å². The highest BCUT2D eigenvalue weighted by atomic mass is 16.5. The van der Waals surface area contributed by atoms with Gasteiger partial charge in [-0.15, -0.1) is 5.10 Å². The molecule has 2 aromatic heterocycles. The Labute approximate surface area is 173 Å². The van der Waals surface area contributed by atoms with E-state index in [1.807, 2.05) is 85.8 Å². The molecule has 146 valence electrons. The van der Waals surface area contributed by atoms with Gasteiger partial charge in [-0.05, 0) is 67.1 Å². The van der Waals surface area contributed by atoms with Crippen molar-refractivity contribution in [1.29, 1.82) is 0 Å². The minimum absolute atomic E-state index is 0.527. The third-order valence-electron chi connectivity index (χ3n) is 4.72. The van der Waals surface area contributed by atoms with Gasteiger partial charge in [-0.1, -0.05) is 24.3 Å². The smallest absolute Gasteiger partial charge is 0.246 e. The molecule has 0 aliphatic rings. The van der Waals surface area contributed by atoms with Crippen molar-refractivity contribution in [3.63, 3.8) is 0 Å². The summed E-state index contributed by atoms with van der Waals surface area (Å²) in [6.45, 7) is 2.05. The molecule has 3 aromatic carbocycles. The molecule has 0 atom stereocenters. The Hall–Kier alpha value is -4.19. The van der Waals surface area contributed by atoms with Crippen molar-refractivity contribution in [3.05, 3.63) is 90.6 Å². The largest absolute Gasteiger partial charge is 0.457 e. The third kappa shape index (κ3) is 3.71. The van der Waals surface area contributed by atoms with Gasteiger partial charge >= 0.3 is 0 Å². The number of ether oxygens (including phenoxy) is 1. The topological polar surface area (TPSA) is 75.7 Å². The van der Waals surface area contributed by atoms with Gasteiger partial charge in [-0.3, -0.25) is 10.1 Å². The number of H-pyrrole nitrogens is 1. The molecule has 0 spiro atoms. The first-order valence-electron chi connectivity index (χ1n) is 9.63. The molecule has 2 heterocycles. The van der Waals surface area contributed by atoms with Gasteiger partial charge in [0.2, 0.25) is 5.95 Å². The lowest BCUT2D eigenvalue weighted by atomic mass is 10.2. The second kappa shape index (κ2) is 7.67. The van der Waals surface area contributed by atoms with Crippen molar-refractivity contribution in [2.45, 2.75) is 6.92 Å². The quantitative estimate of drug-likeness (QED) is 0.391. The van der Waals surface area contributed by atoms with Gasteiger partial charge in [0.1, 0.15) is 11.5 Å². The number of para-hydroxylation sites is 1. The third-order valence-corrected chi connectivity index (χ3v) is 4.72. The molecule has 30 heavy (non-hydrogen) atoms. The molecule has 5 aromatic rings. The van der Waals surface area contributed by atoms with Crippen molar-refractivity contribution in [1.82, 2.24) is 20.2 Å². The zero-order valence-corrected chi connectivity index (χ0v) is 16.3. The normalized spacial score (nSPS) is 10.8. The Morgan fingerprint density at radius 2 is 1.77 bits per heavy atom. The average Bonchev–Trinajstić information content (AvgIpc) is 3.23. The summed E-state index contributed by atoms with van der Waals surface area (Å²) >= 11 is 0. The number of anilines is 2. The second-order valence-corrected chi connectivity index (χ2v) is 6.95. The van der Waals surface area contributed by atoms with Crippen LogP contribution in [-0.2, 0) is 0 Å². The monoisotopic (exact) mass is 393 g/mol. The molecule has 6 heteroatoms. The Bertz CT molecular complexity index is 1310. The van der Waals surface area contributed by atoms with Crippen LogP contribution in [0.3, 0.4) is 0 Å². The van der Waals surface area contributed by atoms with Gasteiger partial charge in [-0.2, -0.15) is 4.98 Å². The summed E-state index contributed by atoms with van der Waals surface area (Å²) in [5.74, 6) is 2.73. The maximum atomic E-state index is 6.08. The van der Waals surface area contributed by atoms with Gasteiger partial charge in [0.25, 0.3) is 0 Å². The van der Waals surface area contributed by atoms with E-state index in [0.717, 1.165) is 33.7 Å². The molecular weight excluding hydrogens is 374 g/mol. The number of hydrogen-bond donors (Lipinski definition) is 2. The Kier molecular flexibility index (Phi) is 4.57. The molecule has 0 aliphatic heterocycles. The van der Waals surface area contributed by atoms with Crippen LogP contribution in [0.25, 0.3) is 22.3 Å². The fourth-order valence-electron chi connectivity index (χ4n) is 3.27. The van der Waals surface area contributed by atoms with Crippen LogP contribution < -0.4 is 10.1 Å². The summed E-state index contributed by atoms with van der Waals surface area (Å²) in [7, 11) is 0. The van der Waals surface area contributed by atoms with Crippen LogP contribution in [0.15, 0.2) is 85.1 Å². The summed E-state index contributed by atoms with van der Waals surface area (Å²) < 4.78 is 6.08. The van der Waals surface area contributed by atoms with E-state index in [0.29, 0.717) is 11.8 Å². The van der Waals surface area contributed by atoms with Gasteiger partial charge in [0.15, 0.2) is 5.82 Å². The summed E-state index contributed by atoms with van der Waals surface area (Å²) in [6, 6.07) is 25.6. The molecule has 5 rings (SSSR count). The second-order valence-electron chi connectivity index (χ2n) is 6.95. The number of aromatic nitrogens is 4. The van der Waals surface area contributed by atoms with Crippen LogP contribution in [0.1, 0.15) is 5.56 Å². The summed E-state index contributed by atoms with van der Waals surface area (Å²) in [5, 5.41) is 11.4. The molecule has 6 nitrogen and oxygen atoms in total.